The lowest BCUT2D eigenvalue weighted by molar-refractivity contribution is 0.101. The maximum atomic E-state index is 12.3. The van der Waals surface area contributed by atoms with Crippen LogP contribution in [0.25, 0.3) is 10.9 Å². The van der Waals surface area contributed by atoms with Gasteiger partial charge in [0.2, 0.25) is 0 Å². The van der Waals surface area contributed by atoms with Crippen molar-refractivity contribution < 1.29 is 4.79 Å². The van der Waals surface area contributed by atoms with E-state index in [1.54, 1.807) is 29.9 Å². The summed E-state index contributed by atoms with van der Waals surface area (Å²) in [4.78, 5) is 16.5. The predicted octanol–water partition coefficient (Wildman–Crippen LogP) is 4.13. The smallest absolute Gasteiger partial charge is 0.272 e. The zero-order valence-corrected chi connectivity index (χ0v) is 12.6. The molecule has 6 heteroatoms. The van der Waals surface area contributed by atoms with Gasteiger partial charge in [-0.3, -0.25) is 9.78 Å². The minimum atomic E-state index is -0.269. The van der Waals surface area contributed by atoms with Gasteiger partial charge < -0.3 is 9.88 Å². The second kappa shape index (κ2) is 5.39. The number of pyridine rings is 1. The van der Waals surface area contributed by atoms with Crippen molar-refractivity contribution in [1.82, 2.24) is 9.55 Å². The first kappa shape index (κ1) is 13.9. The van der Waals surface area contributed by atoms with Crippen LogP contribution in [0.4, 0.5) is 5.69 Å². The highest BCUT2D eigenvalue weighted by molar-refractivity contribution is 6.42. The molecule has 0 aliphatic rings. The number of carbonyl (C=O) groups excluding carboxylic acids is 1. The van der Waals surface area contributed by atoms with Crippen LogP contribution in [0.1, 0.15) is 10.5 Å². The highest BCUT2D eigenvalue weighted by atomic mass is 35.5. The van der Waals surface area contributed by atoms with Crippen LogP contribution in [-0.4, -0.2) is 15.5 Å². The van der Waals surface area contributed by atoms with E-state index in [1.165, 1.54) is 0 Å². The standard InChI is InChI=1S/C15H11Cl2N3O/c1-20-13(8-11(16)14(20)17)15(21)19-10-4-5-12-9(7-10)3-2-6-18-12/h2-8H,1H3,(H,19,21). The van der Waals surface area contributed by atoms with Gasteiger partial charge in [0, 0.05) is 24.3 Å². The van der Waals surface area contributed by atoms with Crippen LogP contribution in [-0.2, 0) is 7.05 Å². The minimum absolute atomic E-state index is 0.269. The molecule has 21 heavy (non-hydrogen) atoms. The first-order valence-electron chi connectivity index (χ1n) is 6.23. The van der Waals surface area contributed by atoms with Gasteiger partial charge in [-0.25, -0.2) is 0 Å². The maximum Gasteiger partial charge on any atom is 0.272 e. The molecule has 0 saturated heterocycles. The molecule has 3 aromatic rings. The van der Waals surface area contributed by atoms with E-state index in [9.17, 15) is 4.79 Å². The Balaban J connectivity index is 1.90. The number of benzene rings is 1. The number of fused-ring (bicyclic) bond motifs is 1. The zero-order chi connectivity index (χ0) is 15.0. The molecule has 0 aliphatic heterocycles. The van der Waals surface area contributed by atoms with Crippen molar-refractivity contribution in [3.05, 3.63) is 58.5 Å². The molecule has 1 aromatic carbocycles. The van der Waals surface area contributed by atoms with Crippen LogP contribution in [0, 0.1) is 0 Å². The molecule has 0 fully saturated rings. The Morgan fingerprint density at radius 1 is 1.24 bits per heavy atom. The van der Waals surface area contributed by atoms with E-state index in [1.807, 2.05) is 24.3 Å². The Morgan fingerprint density at radius 3 is 2.76 bits per heavy atom. The highest BCUT2D eigenvalue weighted by Crippen LogP contribution is 2.26. The molecule has 0 unspecified atom stereocenters. The number of carbonyl (C=O) groups is 1. The average molecular weight is 320 g/mol. The van der Waals surface area contributed by atoms with Crippen LogP contribution in [0.5, 0.6) is 0 Å². The van der Waals surface area contributed by atoms with Gasteiger partial charge in [0.25, 0.3) is 5.91 Å². The Morgan fingerprint density at radius 2 is 2.05 bits per heavy atom. The third kappa shape index (κ3) is 2.60. The number of anilines is 1. The number of nitrogens with one attached hydrogen (secondary N) is 1. The quantitative estimate of drug-likeness (QED) is 0.771. The summed E-state index contributed by atoms with van der Waals surface area (Å²) in [6, 6.07) is 10.9. The van der Waals surface area contributed by atoms with Crippen molar-refractivity contribution in [2.45, 2.75) is 0 Å². The lowest BCUT2D eigenvalue weighted by Crippen LogP contribution is -2.15. The second-order valence-corrected chi connectivity index (χ2v) is 5.36. The molecule has 3 rings (SSSR count). The minimum Gasteiger partial charge on any atom is -0.329 e. The maximum absolute atomic E-state index is 12.3. The summed E-state index contributed by atoms with van der Waals surface area (Å²) in [7, 11) is 1.69. The molecular formula is C15H11Cl2N3O. The van der Waals surface area contributed by atoms with Gasteiger partial charge in [0.15, 0.2) is 0 Å². The van der Waals surface area contributed by atoms with Crippen LogP contribution in [0.2, 0.25) is 10.2 Å². The first-order chi connectivity index (χ1) is 10.1. The molecule has 1 N–H and O–H groups in total. The Hall–Kier alpha value is -2.04. The summed E-state index contributed by atoms with van der Waals surface area (Å²) in [6.07, 6.45) is 1.73. The topological polar surface area (TPSA) is 46.9 Å². The number of hydrogen-bond donors (Lipinski definition) is 1. The van der Waals surface area contributed by atoms with Crippen molar-refractivity contribution in [3.63, 3.8) is 0 Å². The lowest BCUT2D eigenvalue weighted by atomic mass is 10.2. The van der Waals surface area contributed by atoms with E-state index < -0.39 is 0 Å². The molecule has 0 radical (unpaired) electrons. The Labute approximate surface area is 131 Å². The number of nitrogens with zero attached hydrogens (tertiary/aromatic N) is 2. The van der Waals surface area contributed by atoms with Crippen LogP contribution >= 0.6 is 23.2 Å². The van der Waals surface area contributed by atoms with E-state index in [2.05, 4.69) is 10.3 Å². The zero-order valence-electron chi connectivity index (χ0n) is 11.1. The van der Waals surface area contributed by atoms with Gasteiger partial charge in [-0.1, -0.05) is 29.3 Å². The number of hydrogen-bond acceptors (Lipinski definition) is 2. The van der Waals surface area contributed by atoms with Crippen LogP contribution in [0.15, 0.2) is 42.6 Å². The van der Waals surface area contributed by atoms with Crippen LogP contribution in [0.3, 0.4) is 0 Å². The van der Waals surface area contributed by atoms with Crippen molar-refractivity contribution in [2.24, 2.45) is 7.05 Å². The van der Waals surface area contributed by atoms with Crippen LogP contribution < -0.4 is 5.32 Å². The van der Waals surface area contributed by atoms with E-state index in [0.717, 1.165) is 10.9 Å². The van der Waals surface area contributed by atoms with Gasteiger partial charge in [0.1, 0.15) is 10.8 Å². The summed E-state index contributed by atoms with van der Waals surface area (Å²) in [5, 5.41) is 4.47. The molecule has 4 nitrogen and oxygen atoms in total. The van der Waals surface area contributed by atoms with Gasteiger partial charge in [-0.15, -0.1) is 0 Å². The second-order valence-electron chi connectivity index (χ2n) is 4.59. The van der Waals surface area contributed by atoms with Crippen molar-refractivity contribution >= 4 is 45.7 Å². The Kier molecular flexibility index (Phi) is 3.57. The normalized spacial score (nSPS) is 10.8. The third-order valence-electron chi connectivity index (χ3n) is 3.21. The number of amides is 1. The van der Waals surface area contributed by atoms with Gasteiger partial charge >= 0.3 is 0 Å². The summed E-state index contributed by atoms with van der Waals surface area (Å²) in [5.41, 5.74) is 1.96. The average Bonchev–Trinajstić information content (AvgIpc) is 2.75. The van der Waals surface area contributed by atoms with Crippen molar-refractivity contribution in [2.75, 3.05) is 5.32 Å². The number of rotatable bonds is 2. The largest absolute Gasteiger partial charge is 0.329 e. The fourth-order valence-corrected chi connectivity index (χ4v) is 2.48. The van der Waals surface area contributed by atoms with E-state index >= 15 is 0 Å². The monoisotopic (exact) mass is 319 g/mol. The summed E-state index contributed by atoms with van der Waals surface area (Å²) in [6.45, 7) is 0. The SMILES string of the molecule is Cn1c(C(=O)Nc2ccc3ncccc3c2)cc(Cl)c1Cl. The molecule has 106 valence electrons. The van der Waals surface area contributed by atoms with E-state index in [-0.39, 0.29) is 5.91 Å². The van der Waals surface area contributed by atoms with Gasteiger partial charge in [-0.2, -0.15) is 0 Å². The van der Waals surface area contributed by atoms with Crippen molar-refractivity contribution in [1.29, 1.82) is 0 Å². The molecule has 2 heterocycles. The summed E-state index contributed by atoms with van der Waals surface area (Å²) < 4.78 is 1.54. The van der Waals surface area contributed by atoms with E-state index in [0.29, 0.717) is 21.6 Å². The fourth-order valence-electron chi connectivity index (χ4n) is 2.11. The predicted molar refractivity (Wildman–Crippen MR) is 85.1 cm³/mol. The van der Waals surface area contributed by atoms with Crippen molar-refractivity contribution in [3.8, 4) is 0 Å². The van der Waals surface area contributed by atoms with Gasteiger partial charge in [-0.05, 0) is 30.3 Å². The molecule has 2 aromatic heterocycles. The number of halogens is 2. The summed E-state index contributed by atoms with van der Waals surface area (Å²) >= 11 is 11.9. The molecular weight excluding hydrogens is 309 g/mol. The third-order valence-corrected chi connectivity index (χ3v) is 4.05. The molecule has 0 spiro atoms. The molecule has 0 aliphatic carbocycles. The lowest BCUT2D eigenvalue weighted by Gasteiger charge is -2.07. The first-order valence-corrected chi connectivity index (χ1v) is 6.98. The highest BCUT2D eigenvalue weighted by Gasteiger charge is 2.15. The summed E-state index contributed by atoms with van der Waals surface area (Å²) in [5.74, 6) is -0.269. The fraction of sp³-hybridized carbons (Fsp3) is 0.0667. The van der Waals surface area contributed by atoms with E-state index in [4.69, 9.17) is 23.2 Å². The number of aromatic nitrogens is 2. The Bertz CT molecular complexity index is 842. The molecule has 0 atom stereocenters. The van der Waals surface area contributed by atoms with Gasteiger partial charge in [0.05, 0.1) is 10.5 Å². The molecule has 0 bridgehead atoms. The molecule has 0 saturated carbocycles. The molecule has 1 amide bonds.